The standard InChI is InChI=1S/C15H27NO2S/c1-15(2)7-9-19-11-13(15)16-8-3-4-12(10-16)5-6-14(17)18/h12-13H,3-11H2,1-2H3,(H,17,18). The van der Waals surface area contributed by atoms with Crippen molar-refractivity contribution in [3.05, 3.63) is 0 Å². The van der Waals surface area contributed by atoms with Gasteiger partial charge in [-0.1, -0.05) is 13.8 Å². The molecular weight excluding hydrogens is 258 g/mol. The van der Waals surface area contributed by atoms with Gasteiger partial charge in [0.2, 0.25) is 0 Å². The highest BCUT2D eigenvalue weighted by molar-refractivity contribution is 7.99. The molecule has 19 heavy (non-hydrogen) atoms. The average molecular weight is 285 g/mol. The van der Waals surface area contributed by atoms with Crippen molar-refractivity contribution < 1.29 is 9.90 Å². The summed E-state index contributed by atoms with van der Waals surface area (Å²) in [5, 5.41) is 8.82. The second-order valence-corrected chi connectivity index (χ2v) is 7.91. The molecule has 2 atom stereocenters. The van der Waals surface area contributed by atoms with Crippen molar-refractivity contribution in [1.82, 2.24) is 4.90 Å². The molecule has 0 aromatic heterocycles. The van der Waals surface area contributed by atoms with Gasteiger partial charge in [0.15, 0.2) is 0 Å². The maximum Gasteiger partial charge on any atom is 0.303 e. The Morgan fingerprint density at radius 2 is 2.26 bits per heavy atom. The maximum absolute atomic E-state index is 10.7. The predicted octanol–water partition coefficient (Wildman–Crippen LogP) is 3.09. The largest absolute Gasteiger partial charge is 0.481 e. The zero-order chi connectivity index (χ0) is 13.9. The summed E-state index contributed by atoms with van der Waals surface area (Å²) in [6.45, 7) is 7.12. The maximum atomic E-state index is 10.7. The van der Waals surface area contributed by atoms with Gasteiger partial charge in [-0.3, -0.25) is 9.69 Å². The zero-order valence-corrected chi connectivity index (χ0v) is 13.0. The highest BCUT2D eigenvalue weighted by Crippen LogP contribution is 2.39. The fraction of sp³-hybridized carbons (Fsp3) is 0.933. The first-order valence-corrected chi connectivity index (χ1v) is 8.68. The highest BCUT2D eigenvalue weighted by atomic mass is 32.2. The second-order valence-electron chi connectivity index (χ2n) is 6.76. The number of rotatable bonds is 4. The summed E-state index contributed by atoms with van der Waals surface area (Å²) in [4.78, 5) is 13.4. The Labute approximate surface area is 121 Å². The molecule has 2 aliphatic heterocycles. The monoisotopic (exact) mass is 285 g/mol. The normalized spacial score (nSPS) is 32.1. The van der Waals surface area contributed by atoms with Crippen molar-refractivity contribution >= 4 is 17.7 Å². The minimum atomic E-state index is -0.648. The first-order valence-electron chi connectivity index (χ1n) is 7.52. The van der Waals surface area contributed by atoms with Crippen molar-refractivity contribution in [3.63, 3.8) is 0 Å². The molecule has 110 valence electrons. The van der Waals surface area contributed by atoms with E-state index in [1.165, 1.54) is 37.3 Å². The van der Waals surface area contributed by atoms with Gasteiger partial charge >= 0.3 is 5.97 Å². The van der Waals surface area contributed by atoms with E-state index in [0.29, 0.717) is 23.8 Å². The molecule has 0 aliphatic carbocycles. The van der Waals surface area contributed by atoms with E-state index in [-0.39, 0.29) is 0 Å². The molecule has 0 spiro atoms. The molecule has 1 N–H and O–H groups in total. The van der Waals surface area contributed by atoms with Crippen LogP contribution in [0.5, 0.6) is 0 Å². The number of carbonyl (C=O) groups is 1. The van der Waals surface area contributed by atoms with Crippen LogP contribution in [0.2, 0.25) is 0 Å². The lowest BCUT2D eigenvalue weighted by Crippen LogP contribution is -2.52. The van der Waals surface area contributed by atoms with Crippen LogP contribution >= 0.6 is 11.8 Å². The van der Waals surface area contributed by atoms with Crippen molar-refractivity contribution in [2.24, 2.45) is 11.3 Å². The van der Waals surface area contributed by atoms with Gasteiger partial charge in [0, 0.05) is 24.8 Å². The molecule has 2 rings (SSSR count). The minimum Gasteiger partial charge on any atom is -0.481 e. The van der Waals surface area contributed by atoms with E-state index in [4.69, 9.17) is 5.11 Å². The Morgan fingerprint density at radius 3 is 2.95 bits per heavy atom. The molecule has 3 nitrogen and oxygen atoms in total. The summed E-state index contributed by atoms with van der Waals surface area (Å²) >= 11 is 2.08. The lowest BCUT2D eigenvalue weighted by molar-refractivity contribution is -0.137. The molecular formula is C15H27NO2S. The quantitative estimate of drug-likeness (QED) is 0.861. The van der Waals surface area contributed by atoms with Gasteiger partial charge in [-0.2, -0.15) is 11.8 Å². The number of nitrogens with zero attached hydrogens (tertiary/aromatic N) is 1. The fourth-order valence-electron chi connectivity index (χ4n) is 3.47. The summed E-state index contributed by atoms with van der Waals surface area (Å²) in [5.74, 6) is 2.48. The van der Waals surface area contributed by atoms with Crippen LogP contribution in [0, 0.1) is 11.3 Å². The van der Waals surface area contributed by atoms with Crippen molar-refractivity contribution in [2.45, 2.75) is 52.0 Å². The molecule has 2 aliphatic rings. The Bertz CT molecular complexity index is 319. The number of hydrogen-bond acceptors (Lipinski definition) is 3. The van der Waals surface area contributed by atoms with Crippen molar-refractivity contribution in [1.29, 1.82) is 0 Å². The molecule has 2 heterocycles. The van der Waals surface area contributed by atoms with E-state index in [0.717, 1.165) is 13.0 Å². The van der Waals surface area contributed by atoms with Gasteiger partial charge in [-0.25, -0.2) is 0 Å². The molecule has 0 radical (unpaired) electrons. The van der Waals surface area contributed by atoms with E-state index in [1.54, 1.807) is 0 Å². The lowest BCUT2D eigenvalue weighted by Gasteiger charge is -2.48. The lowest BCUT2D eigenvalue weighted by atomic mass is 9.80. The van der Waals surface area contributed by atoms with Crippen LogP contribution in [0.15, 0.2) is 0 Å². The molecule has 0 aromatic carbocycles. The van der Waals surface area contributed by atoms with Crippen LogP contribution in [0.4, 0.5) is 0 Å². The van der Waals surface area contributed by atoms with Crippen LogP contribution in [0.1, 0.15) is 46.0 Å². The van der Waals surface area contributed by atoms with Gasteiger partial charge in [-0.05, 0) is 49.3 Å². The van der Waals surface area contributed by atoms with Gasteiger partial charge in [0.25, 0.3) is 0 Å². The highest BCUT2D eigenvalue weighted by Gasteiger charge is 2.38. The molecule has 0 aromatic rings. The van der Waals surface area contributed by atoms with Crippen LogP contribution in [-0.4, -0.2) is 46.6 Å². The Morgan fingerprint density at radius 1 is 1.47 bits per heavy atom. The summed E-state index contributed by atoms with van der Waals surface area (Å²) in [7, 11) is 0. The molecule has 2 unspecified atom stereocenters. The van der Waals surface area contributed by atoms with E-state index < -0.39 is 5.97 Å². The number of aliphatic carboxylic acids is 1. The second kappa shape index (κ2) is 6.49. The average Bonchev–Trinajstić information content (AvgIpc) is 2.36. The summed E-state index contributed by atoms with van der Waals surface area (Å²) in [5.41, 5.74) is 0.417. The van der Waals surface area contributed by atoms with Gasteiger partial charge in [0.1, 0.15) is 0 Å². The Kier molecular flexibility index (Phi) is 5.18. The number of thioether (sulfide) groups is 1. The van der Waals surface area contributed by atoms with Crippen LogP contribution in [0.3, 0.4) is 0 Å². The summed E-state index contributed by atoms with van der Waals surface area (Å²) in [6, 6.07) is 0.680. The third-order valence-corrected chi connectivity index (χ3v) is 5.87. The van der Waals surface area contributed by atoms with Crippen molar-refractivity contribution in [2.75, 3.05) is 24.6 Å². The van der Waals surface area contributed by atoms with Crippen LogP contribution in [0.25, 0.3) is 0 Å². The number of piperidine rings is 1. The molecule has 0 saturated carbocycles. The van der Waals surface area contributed by atoms with Gasteiger partial charge in [-0.15, -0.1) is 0 Å². The molecule has 2 fully saturated rings. The first-order chi connectivity index (χ1) is 8.99. The van der Waals surface area contributed by atoms with Crippen LogP contribution in [-0.2, 0) is 4.79 Å². The zero-order valence-electron chi connectivity index (χ0n) is 12.2. The van der Waals surface area contributed by atoms with E-state index in [2.05, 4.69) is 30.5 Å². The minimum absolute atomic E-state index is 0.335. The molecule has 4 heteroatoms. The Balaban J connectivity index is 1.90. The number of carboxylic acid groups (broad SMARTS) is 1. The van der Waals surface area contributed by atoms with Gasteiger partial charge in [0.05, 0.1) is 0 Å². The third kappa shape index (κ3) is 4.12. The molecule has 2 saturated heterocycles. The van der Waals surface area contributed by atoms with Crippen molar-refractivity contribution in [3.8, 4) is 0 Å². The van der Waals surface area contributed by atoms with Crippen LogP contribution < -0.4 is 0 Å². The molecule has 0 bridgehead atoms. The number of carboxylic acids is 1. The molecule has 0 amide bonds. The summed E-state index contributed by atoms with van der Waals surface area (Å²) in [6.07, 6.45) is 4.94. The topological polar surface area (TPSA) is 40.5 Å². The Hall–Kier alpha value is -0.220. The first kappa shape index (κ1) is 15.2. The van der Waals surface area contributed by atoms with Gasteiger partial charge < -0.3 is 5.11 Å². The summed E-state index contributed by atoms with van der Waals surface area (Å²) < 4.78 is 0. The number of likely N-dealkylation sites (tertiary alicyclic amines) is 1. The predicted molar refractivity (Wildman–Crippen MR) is 80.7 cm³/mol. The smallest absolute Gasteiger partial charge is 0.303 e. The van der Waals surface area contributed by atoms with E-state index in [1.807, 2.05) is 0 Å². The fourth-order valence-corrected chi connectivity index (χ4v) is 5.19. The van der Waals surface area contributed by atoms with E-state index >= 15 is 0 Å². The number of hydrogen-bond donors (Lipinski definition) is 1. The third-order valence-electron chi connectivity index (χ3n) is 4.83. The van der Waals surface area contributed by atoms with E-state index in [9.17, 15) is 4.79 Å². The SMILES string of the molecule is CC1(C)CCSCC1N1CCCC(CCC(=O)O)C1.